The molecule has 0 aliphatic rings. The van der Waals surface area contributed by atoms with Crippen LogP contribution in [0.3, 0.4) is 0 Å². The molecule has 4 heteroatoms. The Kier molecular flexibility index (Phi) is 4.13. The van der Waals surface area contributed by atoms with Crippen LogP contribution in [0.2, 0.25) is 0 Å². The van der Waals surface area contributed by atoms with Crippen LogP contribution >= 0.6 is 0 Å². The van der Waals surface area contributed by atoms with Gasteiger partial charge in [-0.05, 0) is 30.2 Å². The fourth-order valence-corrected chi connectivity index (χ4v) is 1.80. The van der Waals surface area contributed by atoms with E-state index in [1.807, 2.05) is 30.3 Å². The highest BCUT2D eigenvalue weighted by atomic mass is 19.1. The third-order valence-corrected chi connectivity index (χ3v) is 2.82. The van der Waals surface area contributed by atoms with Gasteiger partial charge in [-0.25, -0.2) is 4.39 Å². The van der Waals surface area contributed by atoms with Crippen LogP contribution in [0.4, 0.5) is 10.1 Å². The van der Waals surface area contributed by atoms with Crippen LogP contribution in [-0.4, -0.2) is 12.5 Å². The van der Waals surface area contributed by atoms with Gasteiger partial charge in [-0.3, -0.25) is 4.79 Å². The van der Waals surface area contributed by atoms with E-state index in [9.17, 15) is 9.18 Å². The summed E-state index contributed by atoms with van der Waals surface area (Å²) in [6.07, 6.45) is 0.779. The van der Waals surface area contributed by atoms with E-state index in [1.165, 1.54) is 23.8 Å². The Balaban J connectivity index is 1.99. The molecule has 3 nitrogen and oxygen atoms in total. The van der Waals surface area contributed by atoms with E-state index in [2.05, 4.69) is 5.32 Å². The number of primary amides is 1. The summed E-state index contributed by atoms with van der Waals surface area (Å²) >= 11 is 0. The minimum Gasteiger partial charge on any atom is -0.382 e. The number of rotatable bonds is 5. The number of anilines is 1. The van der Waals surface area contributed by atoms with Crippen LogP contribution in [0.1, 0.15) is 15.9 Å². The number of carbonyl (C=O) groups excluding carboxylic acids is 1. The van der Waals surface area contributed by atoms with Gasteiger partial charge in [0.15, 0.2) is 0 Å². The first-order chi connectivity index (χ1) is 9.16. The number of hydrogen-bond acceptors (Lipinski definition) is 2. The monoisotopic (exact) mass is 258 g/mol. The minimum absolute atomic E-state index is 0.295. The van der Waals surface area contributed by atoms with E-state index in [-0.39, 0.29) is 0 Å². The van der Waals surface area contributed by atoms with Crippen molar-refractivity contribution in [3.05, 3.63) is 65.5 Å². The molecule has 2 aromatic rings. The topological polar surface area (TPSA) is 55.1 Å². The molecule has 19 heavy (non-hydrogen) atoms. The molecule has 0 saturated carbocycles. The average Bonchev–Trinajstić information content (AvgIpc) is 2.42. The van der Waals surface area contributed by atoms with Gasteiger partial charge in [0, 0.05) is 12.1 Å². The number of benzene rings is 2. The second-order valence-corrected chi connectivity index (χ2v) is 4.22. The van der Waals surface area contributed by atoms with E-state index in [0.29, 0.717) is 17.8 Å². The molecular weight excluding hydrogens is 243 g/mol. The summed E-state index contributed by atoms with van der Waals surface area (Å²) in [6, 6.07) is 13.9. The van der Waals surface area contributed by atoms with Gasteiger partial charge in [0.2, 0.25) is 5.91 Å². The summed E-state index contributed by atoms with van der Waals surface area (Å²) in [5.41, 5.74) is 6.92. The quantitative estimate of drug-likeness (QED) is 0.866. The van der Waals surface area contributed by atoms with Crippen molar-refractivity contribution < 1.29 is 9.18 Å². The lowest BCUT2D eigenvalue weighted by atomic mass is 10.1. The maximum absolute atomic E-state index is 13.5. The summed E-state index contributed by atoms with van der Waals surface area (Å²) in [5, 5.41) is 2.97. The molecule has 0 bridgehead atoms. The third kappa shape index (κ3) is 3.55. The van der Waals surface area contributed by atoms with E-state index in [1.54, 1.807) is 0 Å². The summed E-state index contributed by atoms with van der Waals surface area (Å²) in [5.74, 6) is -0.954. The first kappa shape index (κ1) is 13.1. The van der Waals surface area contributed by atoms with Crippen molar-refractivity contribution in [3.63, 3.8) is 0 Å². The normalized spacial score (nSPS) is 10.2. The Bertz CT molecular complexity index is 570. The van der Waals surface area contributed by atoms with Gasteiger partial charge in [-0.15, -0.1) is 0 Å². The standard InChI is InChI=1S/C15H15FN2O/c16-13-7-6-12(15(17)19)10-14(13)18-9-8-11-4-2-1-3-5-11/h1-7,10,18H,8-9H2,(H2,17,19). The number of amides is 1. The van der Waals surface area contributed by atoms with Crippen molar-refractivity contribution >= 4 is 11.6 Å². The molecule has 0 atom stereocenters. The van der Waals surface area contributed by atoms with Crippen LogP contribution in [0.25, 0.3) is 0 Å². The minimum atomic E-state index is -0.564. The smallest absolute Gasteiger partial charge is 0.248 e. The maximum Gasteiger partial charge on any atom is 0.248 e. The van der Waals surface area contributed by atoms with Crippen LogP contribution in [0, 0.1) is 5.82 Å². The number of nitrogens with one attached hydrogen (secondary N) is 1. The Hall–Kier alpha value is -2.36. The fraction of sp³-hybridized carbons (Fsp3) is 0.133. The van der Waals surface area contributed by atoms with Crippen molar-refractivity contribution in [2.24, 2.45) is 5.73 Å². The lowest BCUT2D eigenvalue weighted by Gasteiger charge is -2.08. The molecule has 1 amide bonds. The molecule has 98 valence electrons. The van der Waals surface area contributed by atoms with Crippen molar-refractivity contribution in [1.29, 1.82) is 0 Å². The van der Waals surface area contributed by atoms with Gasteiger partial charge in [-0.2, -0.15) is 0 Å². The van der Waals surface area contributed by atoms with Gasteiger partial charge >= 0.3 is 0 Å². The fourth-order valence-electron chi connectivity index (χ4n) is 1.80. The first-order valence-electron chi connectivity index (χ1n) is 6.04. The molecule has 0 heterocycles. The highest BCUT2D eigenvalue weighted by Gasteiger charge is 2.06. The Morgan fingerprint density at radius 2 is 1.89 bits per heavy atom. The SMILES string of the molecule is NC(=O)c1ccc(F)c(NCCc2ccccc2)c1. The lowest BCUT2D eigenvalue weighted by Crippen LogP contribution is -2.12. The predicted octanol–water partition coefficient (Wildman–Crippen LogP) is 2.58. The highest BCUT2D eigenvalue weighted by Crippen LogP contribution is 2.16. The van der Waals surface area contributed by atoms with Gasteiger partial charge < -0.3 is 11.1 Å². The lowest BCUT2D eigenvalue weighted by molar-refractivity contribution is 0.100. The molecule has 2 rings (SSSR count). The Morgan fingerprint density at radius 1 is 1.16 bits per heavy atom. The zero-order chi connectivity index (χ0) is 13.7. The van der Waals surface area contributed by atoms with Crippen molar-refractivity contribution in [2.45, 2.75) is 6.42 Å². The van der Waals surface area contributed by atoms with Gasteiger partial charge in [0.05, 0.1) is 5.69 Å². The van der Waals surface area contributed by atoms with E-state index >= 15 is 0 Å². The van der Waals surface area contributed by atoms with Crippen LogP contribution in [0.5, 0.6) is 0 Å². The van der Waals surface area contributed by atoms with Gasteiger partial charge in [0.25, 0.3) is 0 Å². The Morgan fingerprint density at radius 3 is 2.58 bits per heavy atom. The van der Waals surface area contributed by atoms with Crippen molar-refractivity contribution in [2.75, 3.05) is 11.9 Å². The van der Waals surface area contributed by atoms with E-state index < -0.39 is 11.7 Å². The maximum atomic E-state index is 13.5. The largest absolute Gasteiger partial charge is 0.382 e. The van der Waals surface area contributed by atoms with Gasteiger partial charge in [0.1, 0.15) is 5.82 Å². The number of carbonyl (C=O) groups is 1. The molecule has 0 spiro atoms. The molecule has 2 aromatic carbocycles. The van der Waals surface area contributed by atoms with Gasteiger partial charge in [-0.1, -0.05) is 30.3 Å². The summed E-state index contributed by atoms with van der Waals surface area (Å²) in [4.78, 5) is 11.0. The van der Waals surface area contributed by atoms with E-state index in [4.69, 9.17) is 5.73 Å². The molecule has 0 aliphatic heterocycles. The summed E-state index contributed by atoms with van der Waals surface area (Å²) in [7, 11) is 0. The second kappa shape index (κ2) is 6.00. The zero-order valence-electron chi connectivity index (χ0n) is 10.4. The van der Waals surface area contributed by atoms with Crippen molar-refractivity contribution in [3.8, 4) is 0 Å². The molecule has 0 saturated heterocycles. The molecule has 0 unspecified atom stereocenters. The second-order valence-electron chi connectivity index (χ2n) is 4.22. The van der Waals surface area contributed by atoms with Crippen molar-refractivity contribution in [1.82, 2.24) is 0 Å². The average molecular weight is 258 g/mol. The first-order valence-corrected chi connectivity index (χ1v) is 6.04. The predicted molar refractivity (Wildman–Crippen MR) is 73.6 cm³/mol. The van der Waals surface area contributed by atoms with Crippen LogP contribution < -0.4 is 11.1 Å². The molecule has 3 N–H and O–H groups in total. The Labute approximate surface area is 111 Å². The number of hydrogen-bond donors (Lipinski definition) is 2. The number of nitrogens with two attached hydrogens (primary N) is 1. The van der Waals surface area contributed by atoms with Crippen LogP contribution in [-0.2, 0) is 6.42 Å². The molecule has 0 aliphatic carbocycles. The molecule has 0 fully saturated rings. The third-order valence-electron chi connectivity index (χ3n) is 2.82. The van der Waals surface area contributed by atoms with Crippen LogP contribution in [0.15, 0.2) is 48.5 Å². The number of halogens is 1. The molecule has 0 aromatic heterocycles. The zero-order valence-corrected chi connectivity index (χ0v) is 10.4. The summed E-state index contributed by atoms with van der Waals surface area (Å²) < 4.78 is 13.5. The molecular formula is C15H15FN2O. The highest BCUT2D eigenvalue weighted by molar-refractivity contribution is 5.93. The summed E-state index contributed by atoms with van der Waals surface area (Å²) in [6.45, 7) is 0.586. The van der Waals surface area contributed by atoms with E-state index in [0.717, 1.165) is 6.42 Å². The molecule has 0 radical (unpaired) electrons.